The predicted molar refractivity (Wildman–Crippen MR) is 113 cm³/mol. The van der Waals surface area contributed by atoms with Crippen LogP contribution < -0.4 is 20.7 Å². The van der Waals surface area contributed by atoms with Crippen molar-refractivity contribution in [3.8, 4) is 5.75 Å². The molecule has 0 saturated heterocycles. The number of carbonyl (C=O) groups is 2. The fraction of sp³-hybridized carbons (Fsp3) is 0.273. The van der Waals surface area contributed by atoms with Crippen LogP contribution in [-0.2, 0) is 4.79 Å². The van der Waals surface area contributed by atoms with Crippen LogP contribution in [0.5, 0.6) is 5.75 Å². The maximum atomic E-state index is 12.2. The molecule has 0 aliphatic carbocycles. The molecule has 0 aliphatic heterocycles. The first-order chi connectivity index (χ1) is 13.5. The van der Waals surface area contributed by atoms with Crippen LogP contribution in [0.25, 0.3) is 0 Å². The molecule has 0 bridgehead atoms. The van der Waals surface area contributed by atoms with Crippen molar-refractivity contribution in [2.24, 2.45) is 0 Å². The van der Waals surface area contributed by atoms with Crippen molar-refractivity contribution in [1.82, 2.24) is 5.32 Å². The zero-order valence-corrected chi connectivity index (χ0v) is 16.3. The second kappa shape index (κ2) is 10.8. The summed E-state index contributed by atoms with van der Waals surface area (Å²) in [6.07, 6.45) is 2.53. The minimum Gasteiger partial charge on any atom is -0.489 e. The Hall–Kier alpha value is -3.28. The zero-order valence-electron chi connectivity index (χ0n) is 16.3. The van der Waals surface area contributed by atoms with E-state index in [-0.39, 0.29) is 24.4 Å². The number of benzene rings is 2. The highest BCUT2D eigenvalue weighted by Crippen LogP contribution is 2.17. The summed E-state index contributed by atoms with van der Waals surface area (Å²) in [5, 5.41) is 8.76. The van der Waals surface area contributed by atoms with Gasteiger partial charge in [-0.25, -0.2) is 0 Å². The van der Waals surface area contributed by atoms with E-state index >= 15 is 0 Å². The molecule has 2 amide bonds. The van der Waals surface area contributed by atoms with Gasteiger partial charge < -0.3 is 20.7 Å². The lowest BCUT2D eigenvalue weighted by Gasteiger charge is -2.13. The topological polar surface area (TPSA) is 79.5 Å². The van der Waals surface area contributed by atoms with Crippen molar-refractivity contribution < 1.29 is 14.3 Å². The summed E-state index contributed by atoms with van der Waals surface area (Å²) < 4.78 is 5.47. The van der Waals surface area contributed by atoms with Crippen molar-refractivity contribution in [1.29, 1.82) is 0 Å². The molecule has 2 aromatic rings. The summed E-state index contributed by atoms with van der Waals surface area (Å²) in [7, 11) is 0. The monoisotopic (exact) mass is 381 g/mol. The third-order valence-electron chi connectivity index (χ3n) is 4.05. The van der Waals surface area contributed by atoms with Gasteiger partial charge in [0.05, 0.1) is 6.54 Å². The van der Waals surface area contributed by atoms with E-state index in [2.05, 4.69) is 22.5 Å². The molecule has 2 aromatic carbocycles. The van der Waals surface area contributed by atoms with Crippen LogP contribution in [-0.4, -0.2) is 31.0 Å². The van der Waals surface area contributed by atoms with Crippen LogP contribution in [0, 0.1) is 0 Å². The number of carbonyl (C=O) groups excluding carboxylic acids is 2. The highest BCUT2D eigenvalue weighted by Gasteiger charge is 2.10. The Labute approximate surface area is 166 Å². The average Bonchev–Trinajstić information content (AvgIpc) is 2.71. The van der Waals surface area contributed by atoms with Crippen LogP contribution in [0.3, 0.4) is 0 Å². The lowest BCUT2D eigenvalue weighted by molar-refractivity contribution is -0.114. The van der Waals surface area contributed by atoms with Gasteiger partial charge in [-0.05, 0) is 43.7 Å². The molecule has 0 heterocycles. The molecule has 1 atom stereocenters. The Morgan fingerprint density at radius 1 is 1.14 bits per heavy atom. The molecule has 0 saturated carbocycles. The Morgan fingerprint density at radius 2 is 1.89 bits per heavy atom. The van der Waals surface area contributed by atoms with Crippen molar-refractivity contribution >= 4 is 23.2 Å². The molecule has 0 fully saturated rings. The highest BCUT2D eigenvalue weighted by atomic mass is 16.5. The second-order valence-electron chi connectivity index (χ2n) is 6.39. The van der Waals surface area contributed by atoms with Crippen molar-refractivity contribution in [2.75, 3.05) is 23.8 Å². The van der Waals surface area contributed by atoms with Gasteiger partial charge in [-0.2, -0.15) is 0 Å². The van der Waals surface area contributed by atoms with Gasteiger partial charge in [-0.3, -0.25) is 9.59 Å². The van der Waals surface area contributed by atoms with Gasteiger partial charge in [0.15, 0.2) is 0 Å². The van der Waals surface area contributed by atoms with E-state index < -0.39 is 0 Å². The Kier molecular flexibility index (Phi) is 8.09. The summed E-state index contributed by atoms with van der Waals surface area (Å²) >= 11 is 0. The summed E-state index contributed by atoms with van der Waals surface area (Å²) in [6.45, 7) is 8.09. The molecule has 6 heteroatoms. The molecule has 2 rings (SSSR count). The summed E-state index contributed by atoms with van der Waals surface area (Å²) in [5.74, 6) is 0.335. The fourth-order valence-corrected chi connectivity index (χ4v) is 2.39. The van der Waals surface area contributed by atoms with Gasteiger partial charge in [-0.15, -0.1) is 0 Å². The summed E-state index contributed by atoms with van der Waals surface area (Å²) in [5.41, 5.74) is 1.86. The third kappa shape index (κ3) is 6.79. The molecule has 0 radical (unpaired) electrons. The molecule has 148 valence electrons. The normalized spacial score (nSPS) is 11.2. The van der Waals surface area contributed by atoms with Crippen LogP contribution in [0.15, 0.2) is 61.2 Å². The van der Waals surface area contributed by atoms with Gasteiger partial charge in [0.1, 0.15) is 12.4 Å². The maximum Gasteiger partial charge on any atom is 0.251 e. The summed E-state index contributed by atoms with van der Waals surface area (Å²) in [4.78, 5) is 24.4. The minimum atomic E-state index is -0.211. The number of amides is 2. The van der Waals surface area contributed by atoms with Gasteiger partial charge in [0.2, 0.25) is 5.91 Å². The average molecular weight is 381 g/mol. The van der Waals surface area contributed by atoms with Gasteiger partial charge in [0.25, 0.3) is 5.91 Å². The second-order valence-corrected chi connectivity index (χ2v) is 6.39. The Morgan fingerprint density at radius 3 is 2.64 bits per heavy atom. The Bertz CT molecular complexity index is 820. The molecule has 28 heavy (non-hydrogen) atoms. The number of anilines is 2. The number of rotatable bonds is 10. The summed E-state index contributed by atoms with van der Waals surface area (Å²) in [6, 6.07) is 14.3. The first kappa shape index (κ1) is 21.0. The molecule has 3 N–H and O–H groups in total. The van der Waals surface area contributed by atoms with Crippen LogP contribution in [0.2, 0.25) is 0 Å². The van der Waals surface area contributed by atoms with Crippen LogP contribution >= 0.6 is 0 Å². The number of hydrogen-bond donors (Lipinski definition) is 3. The van der Waals surface area contributed by atoms with Crippen molar-refractivity contribution in [3.05, 3.63) is 66.7 Å². The fourth-order valence-electron chi connectivity index (χ4n) is 2.39. The molecular weight excluding hydrogens is 354 g/mol. The van der Waals surface area contributed by atoms with Crippen LogP contribution in [0.4, 0.5) is 11.4 Å². The van der Waals surface area contributed by atoms with E-state index in [0.717, 1.165) is 12.1 Å². The standard InChI is InChI=1S/C22H27N3O3/c1-4-12-28-20-11-7-9-18(14-20)23-15-21(26)25-19-10-6-8-17(13-19)22(27)24-16(3)5-2/h4,6-11,13-14,16,23H,1,5,12,15H2,2-3H3,(H,24,27)(H,25,26). The lowest BCUT2D eigenvalue weighted by atomic mass is 10.1. The molecular formula is C22H27N3O3. The number of ether oxygens (including phenoxy) is 1. The van der Waals surface area contributed by atoms with Gasteiger partial charge in [0, 0.05) is 29.0 Å². The minimum absolute atomic E-state index is 0.0915. The van der Waals surface area contributed by atoms with Crippen molar-refractivity contribution in [2.45, 2.75) is 26.3 Å². The molecule has 1 unspecified atom stereocenters. The Balaban J connectivity index is 1.90. The molecule has 0 aromatic heterocycles. The predicted octanol–water partition coefficient (Wildman–Crippen LogP) is 3.83. The van der Waals surface area contributed by atoms with Gasteiger partial charge in [-0.1, -0.05) is 31.7 Å². The van der Waals surface area contributed by atoms with E-state index in [1.165, 1.54) is 0 Å². The van der Waals surface area contributed by atoms with E-state index in [0.29, 0.717) is 23.6 Å². The largest absolute Gasteiger partial charge is 0.489 e. The van der Waals surface area contributed by atoms with Crippen LogP contribution in [0.1, 0.15) is 30.6 Å². The molecule has 0 aliphatic rings. The van der Waals surface area contributed by atoms with E-state index in [9.17, 15) is 9.59 Å². The first-order valence-electron chi connectivity index (χ1n) is 9.30. The zero-order chi connectivity index (χ0) is 20.4. The van der Waals surface area contributed by atoms with E-state index in [1.54, 1.807) is 30.3 Å². The SMILES string of the molecule is C=CCOc1cccc(NCC(=O)Nc2cccc(C(=O)NC(C)CC)c2)c1. The molecule has 0 spiro atoms. The number of hydrogen-bond acceptors (Lipinski definition) is 4. The lowest BCUT2D eigenvalue weighted by Crippen LogP contribution is -2.32. The van der Waals surface area contributed by atoms with E-state index in [4.69, 9.17) is 4.74 Å². The highest BCUT2D eigenvalue weighted by molar-refractivity contribution is 5.98. The molecule has 6 nitrogen and oxygen atoms in total. The quantitative estimate of drug-likeness (QED) is 0.547. The van der Waals surface area contributed by atoms with Gasteiger partial charge >= 0.3 is 0 Å². The maximum absolute atomic E-state index is 12.2. The third-order valence-corrected chi connectivity index (χ3v) is 4.05. The number of nitrogens with one attached hydrogen (secondary N) is 3. The smallest absolute Gasteiger partial charge is 0.251 e. The van der Waals surface area contributed by atoms with Crippen molar-refractivity contribution in [3.63, 3.8) is 0 Å². The first-order valence-corrected chi connectivity index (χ1v) is 9.30. The van der Waals surface area contributed by atoms with E-state index in [1.807, 2.05) is 38.1 Å².